The van der Waals surface area contributed by atoms with Crippen molar-refractivity contribution in [2.24, 2.45) is 10.9 Å². The van der Waals surface area contributed by atoms with Crippen molar-refractivity contribution in [2.75, 3.05) is 6.54 Å². The Bertz CT molecular complexity index is 532. The second-order valence-electron chi connectivity index (χ2n) is 4.88. The van der Waals surface area contributed by atoms with Crippen LogP contribution in [0.4, 0.5) is 0 Å². The molecule has 0 saturated carbocycles. The summed E-state index contributed by atoms with van der Waals surface area (Å²) in [5.74, 6) is 2.26. The third-order valence-electron chi connectivity index (χ3n) is 2.55. The number of hydrogen-bond donors (Lipinski definition) is 0. The van der Waals surface area contributed by atoms with Gasteiger partial charge in [-0.15, -0.1) is 0 Å². The van der Waals surface area contributed by atoms with Crippen LogP contribution in [0.1, 0.15) is 19.4 Å². The highest BCUT2D eigenvalue weighted by atomic mass is 16.5. The van der Waals surface area contributed by atoms with Crippen LogP contribution in [-0.2, 0) is 0 Å². The number of benzene rings is 2. The van der Waals surface area contributed by atoms with Crippen molar-refractivity contribution in [3.05, 3.63) is 60.2 Å². The Kier molecular flexibility index (Phi) is 4.73. The maximum Gasteiger partial charge on any atom is 0.128 e. The first-order valence-corrected chi connectivity index (χ1v) is 6.57. The van der Waals surface area contributed by atoms with Gasteiger partial charge in [0.1, 0.15) is 11.5 Å². The number of nitrogens with zero attached hydrogens (tertiary/aromatic N) is 1. The number of hydrogen-bond acceptors (Lipinski definition) is 2. The molecule has 2 heteroatoms. The summed E-state index contributed by atoms with van der Waals surface area (Å²) in [4.78, 5) is 4.41. The summed E-state index contributed by atoms with van der Waals surface area (Å²) in [5.41, 5.74) is 1.06. The van der Waals surface area contributed by atoms with Crippen molar-refractivity contribution >= 4 is 6.21 Å². The fourth-order valence-corrected chi connectivity index (χ4v) is 1.65. The van der Waals surface area contributed by atoms with Gasteiger partial charge in [0.15, 0.2) is 0 Å². The molecular formula is C17H19NO. The topological polar surface area (TPSA) is 21.6 Å². The molecule has 0 saturated heterocycles. The molecule has 0 amide bonds. The highest BCUT2D eigenvalue weighted by molar-refractivity contribution is 5.80. The molecule has 0 aliphatic rings. The van der Waals surface area contributed by atoms with Crippen LogP contribution in [0.25, 0.3) is 0 Å². The summed E-state index contributed by atoms with van der Waals surface area (Å²) in [6.45, 7) is 5.17. The number of ether oxygens (including phenoxy) is 1. The second-order valence-corrected chi connectivity index (χ2v) is 4.88. The van der Waals surface area contributed by atoms with Crippen molar-refractivity contribution in [3.63, 3.8) is 0 Å². The number of rotatable bonds is 5. The molecule has 2 nitrogen and oxygen atoms in total. The lowest BCUT2D eigenvalue weighted by molar-refractivity contribution is 0.482. The molecule has 0 bridgehead atoms. The van der Waals surface area contributed by atoms with Gasteiger partial charge in [-0.25, -0.2) is 0 Å². The minimum atomic E-state index is 0.583. The monoisotopic (exact) mass is 253 g/mol. The predicted molar refractivity (Wildman–Crippen MR) is 80.3 cm³/mol. The zero-order chi connectivity index (χ0) is 13.5. The van der Waals surface area contributed by atoms with Crippen molar-refractivity contribution in [1.82, 2.24) is 0 Å². The molecule has 98 valence electrons. The Hall–Kier alpha value is -2.09. The first-order valence-electron chi connectivity index (χ1n) is 6.57. The van der Waals surface area contributed by atoms with Gasteiger partial charge in [-0.05, 0) is 35.7 Å². The van der Waals surface area contributed by atoms with E-state index in [9.17, 15) is 0 Å². The van der Waals surface area contributed by atoms with E-state index in [1.807, 2.05) is 60.8 Å². The van der Waals surface area contributed by atoms with Crippen LogP contribution in [0.5, 0.6) is 11.5 Å². The van der Waals surface area contributed by atoms with Crippen molar-refractivity contribution < 1.29 is 4.74 Å². The van der Waals surface area contributed by atoms with Gasteiger partial charge in [0.2, 0.25) is 0 Å². The van der Waals surface area contributed by atoms with Gasteiger partial charge in [-0.3, -0.25) is 4.99 Å². The van der Waals surface area contributed by atoms with Gasteiger partial charge >= 0.3 is 0 Å². The minimum absolute atomic E-state index is 0.583. The third kappa shape index (κ3) is 4.59. The van der Waals surface area contributed by atoms with Gasteiger partial charge < -0.3 is 4.74 Å². The Labute approximate surface area is 114 Å². The van der Waals surface area contributed by atoms with Crippen LogP contribution < -0.4 is 4.74 Å². The predicted octanol–water partition coefficient (Wildman–Crippen LogP) is 4.55. The molecule has 0 aromatic heterocycles. The average molecular weight is 253 g/mol. The largest absolute Gasteiger partial charge is 0.457 e. The summed E-state index contributed by atoms with van der Waals surface area (Å²) < 4.78 is 5.78. The highest BCUT2D eigenvalue weighted by Crippen LogP contribution is 2.21. The molecule has 0 aliphatic heterocycles. The molecule has 0 heterocycles. The van der Waals surface area contributed by atoms with Crippen LogP contribution >= 0.6 is 0 Å². The molecule has 0 aliphatic carbocycles. The fourth-order valence-electron chi connectivity index (χ4n) is 1.65. The Morgan fingerprint density at radius 2 is 1.74 bits per heavy atom. The molecule has 2 rings (SSSR count). The number of aliphatic imine (C=N–C) groups is 1. The lowest BCUT2D eigenvalue weighted by Gasteiger charge is -2.05. The van der Waals surface area contributed by atoms with Crippen molar-refractivity contribution in [3.8, 4) is 11.5 Å². The first-order chi connectivity index (χ1) is 9.24. The van der Waals surface area contributed by atoms with Crippen LogP contribution in [0.2, 0.25) is 0 Å². The highest BCUT2D eigenvalue weighted by Gasteiger charge is 1.97. The summed E-state index contributed by atoms with van der Waals surface area (Å²) >= 11 is 0. The maximum absolute atomic E-state index is 5.78. The SMILES string of the molecule is CC(C)CN=Cc1cccc(Oc2ccccc2)c1. The summed E-state index contributed by atoms with van der Waals surface area (Å²) in [7, 11) is 0. The van der Waals surface area contributed by atoms with E-state index in [0.29, 0.717) is 5.92 Å². The summed E-state index contributed by atoms with van der Waals surface area (Å²) in [6.07, 6.45) is 1.90. The van der Waals surface area contributed by atoms with Crippen LogP contribution in [0, 0.1) is 5.92 Å². The molecule has 2 aromatic carbocycles. The smallest absolute Gasteiger partial charge is 0.128 e. The van der Waals surface area contributed by atoms with E-state index in [-0.39, 0.29) is 0 Å². The Morgan fingerprint density at radius 3 is 2.47 bits per heavy atom. The van der Waals surface area contributed by atoms with E-state index in [1.165, 1.54) is 0 Å². The summed E-state index contributed by atoms with van der Waals surface area (Å²) in [5, 5.41) is 0. The van der Waals surface area contributed by atoms with E-state index in [4.69, 9.17) is 4.74 Å². The molecule has 0 radical (unpaired) electrons. The van der Waals surface area contributed by atoms with Crippen molar-refractivity contribution in [2.45, 2.75) is 13.8 Å². The molecule has 0 spiro atoms. The lowest BCUT2D eigenvalue weighted by atomic mass is 10.2. The molecule has 0 N–H and O–H groups in total. The Balaban J connectivity index is 2.05. The minimum Gasteiger partial charge on any atom is -0.457 e. The third-order valence-corrected chi connectivity index (χ3v) is 2.55. The zero-order valence-electron chi connectivity index (χ0n) is 11.4. The molecule has 0 atom stereocenters. The van der Waals surface area contributed by atoms with Gasteiger partial charge in [-0.2, -0.15) is 0 Å². The van der Waals surface area contributed by atoms with E-state index in [0.717, 1.165) is 23.6 Å². The molecule has 19 heavy (non-hydrogen) atoms. The van der Waals surface area contributed by atoms with E-state index >= 15 is 0 Å². The molecule has 0 unspecified atom stereocenters. The van der Waals surface area contributed by atoms with Gasteiger partial charge in [0, 0.05) is 12.8 Å². The quantitative estimate of drug-likeness (QED) is 0.716. The van der Waals surface area contributed by atoms with Crippen LogP contribution in [-0.4, -0.2) is 12.8 Å². The standard InChI is InChI=1S/C17H19NO/c1-14(2)12-18-13-15-7-6-10-17(11-15)19-16-8-4-3-5-9-16/h3-11,13-14H,12H2,1-2H3. The summed E-state index contributed by atoms with van der Waals surface area (Å²) in [6, 6.07) is 17.7. The molecular weight excluding hydrogens is 234 g/mol. The Morgan fingerprint density at radius 1 is 1.00 bits per heavy atom. The lowest BCUT2D eigenvalue weighted by Crippen LogP contribution is -1.93. The normalized spacial score (nSPS) is 11.1. The molecule has 0 fully saturated rings. The number of para-hydroxylation sites is 1. The van der Waals surface area contributed by atoms with Gasteiger partial charge in [0.25, 0.3) is 0 Å². The van der Waals surface area contributed by atoms with Crippen molar-refractivity contribution in [1.29, 1.82) is 0 Å². The molecule has 2 aromatic rings. The van der Waals surface area contributed by atoms with Crippen LogP contribution in [0.3, 0.4) is 0 Å². The average Bonchev–Trinajstić information content (AvgIpc) is 2.40. The first kappa shape index (κ1) is 13.3. The fraction of sp³-hybridized carbons (Fsp3) is 0.235. The van der Waals surface area contributed by atoms with Gasteiger partial charge in [0.05, 0.1) is 0 Å². The van der Waals surface area contributed by atoms with E-state index in [2.05, 4.69) is 18.8 Å². The zero-order valence-corrected chi connectivity index (χ0v) is 11.4. The second kappa shape index (κ2) is 6.74. The maximum atomic E-state index is 5.78. The van der Waals surface area contributed by atoms with Crippen LogP contribution in [0.15, 0.2) is 59.6 Å². The van der Waals surface area contributed by atoms with E-state index in [1.54, 1.807) is 0 Å². The van der Waals surface area contributed by atoms with Gasteiger partial charge in [-0.1, -0.05) is 44.2 Å². The van der Waals surface area contributed by atoms with E-state index < -0.39 is 0 Å².